The smallest absolute Gasteiger partial charge is 0.255 e. The number of para-hydroxylation sites is 2. The first-order valence-electron chi connectivity index (χ1n) is 14.3. The van der Waals surface area contributed by atoms with Crippen LogP contribution >= 0.6 is 39.3 Å². The molecule has 1 aliphatic rings. The maximum atomic E-state index is 14.1. The molecule has 0 saturated heterocycles. The van der Waals surface area contributed by atoms with Crippen molar-refractivity contribution in [3.05, 3.63) is 92.6 Å². The third-order valence-corrected chi connectivity index (χ3v) is 8.44. The standard InChI is InChI=1S/C32H33BrClN5O4S/c1-5-41-25-15-11-10-14-24(25)36-30(40)27-19(4)35-31-37-32(44-7-3)38-39(31)28(27)21-16-22(33)29(26(17-21)42-6-2)43-18-20-12-8-9-13-23(20)34/h8-17,28H,5-7,18H2,1-4H3,(H,36,40)(H,35,37,38). The molecule has 1 unspecified atom stereocenters. The molecule has 1 atom stereocenters. The highest BCUT2D eigenvalue weighted by Crippen LogP contribution is 2.44. The summed E-state index contributed by atoms with van der Waals surface area (Å²) in [6.07, 6.45) is 0. The van der Waals surface area contributed by atoms with E-state index in [1.54, 1.807) is 4.68 Å². The third kappa shape index (κ3) is 6.85. The lowest BCUT2D eigenvalue weighted by Gasteiger charge is -2.29. The van der Waals surface area contributed by atoms with E-state index >= 15 is 0 Å². The number of halogens is 2. The number of hydrogen-bond donors (Lipinski definition) is 2. The number of aromatic nitrogens is 3. The van der Waals surface area contributed by atoms with Gasteiger partial charge in [0.1, 0.15) is 18.4 Å². The van der Waals surface area contributed by atoms with Gasteiger partial charge in [-0.25, -0.2) is 4.68 Å². The van der Waals surface area contributed by atoms with Crippen molar-refractivity contribution in [1.82, 2.24) is 14.8 Å². The van der Waals surface area contributed by atoms with Crippen LogP contribution < -0.4 is 24.8 Å². The molecule has 12 heteroatoms. The Morgan fingerprint density at radius 3 is 2.52 bits per heavy atom. The van der Waals surface area contributed by atoms with Gasteiger partial charge in [-0.05, 0) is 78.3 Å². The number of amides is 1. The highest BCUT2D eigenvalue weighted by Gasteiger charge is 2.36. The van der Waals surface area contributed by atoms with Crippen LogP contribution in [-0.2, 0) is 11.4 Å². The van der Waals surface area contributed by atoms with Gasteiger partial charge in [-0.2, -0.15) is 4.98 Å². The minimum absolute atomic E-state index is 0.252. The molecule has 5 rings (SSSR count). The molecule has 0 bridgehead atoms. The number of ether oxygens (including phenoxy) is 3. The van der Waals surface area contributed by atoms with Gasteiger partial charge in [-0.1, -0.05) is 60.6 Å². The molecule has 0 spiro atoms. The number of carbonyl (C=O) groups is 1. The van der Waals surface area contributed by atoms with Gasteiger partial charge in [-0.15, -0.1) is 5.10 Å². The first-order valence-corrected chi connectivity index (χ1v) is 16.4. The minimum Gasteiger partial charge on any atom is -0.492 e. The molecule has 0 radical (unpaired) electrons. The van der Waals surface area contributed by atoms with E-state index < -0.39 is 6.04 Å². The van der Waals surface area contributed by atoms with Crippen molar-refractivity contribution in [3.63, 3.8) is 0 Å². The summed E-state index contributed by atoms with van der Waals surface area (Å²) < 4.78 is 20.5. The van der Waals surface area contributed by atoms with Gasteiger partial charge in [0.15, 0.2) is 11.5 Å². The van der Waals surface area contributed by atoms with E-state index in [0.717, 1.165) is 16.9 Å². The Morgan fingerprint density at radius 1 is 1.05 bits per heavy atom. The van der Waals surface area contributed by atoms with Gasteiger partial charge in [-0.3, -0.25) is 4.79 Å². The third-order valence-electron chi connectivity index (χ3n) is 6.76. The van der Waals surface area contributed by atoms with Crippen LogP contribution in [0.3, 0.4) is 0 Å². The number of rotatable bonds is 12. The second-order valence-corrected chi connectivity index (χ2v) is 12.2. The van der Waals surface area contributed by atoms with Gasteiger partial charge in [0.25, 0.3) is 5.91 Å². The molecule has 9 nitrogen and oxygen atoms in total. The maximum absolute atomic E-state index is 14.1. The van der Waals surface area contributed by atoms with Gasteiger partial charge in [0, 0.05) is 16.3 Å². The van der Waals surface area contributed by atoms with E-state index in [4.69, 9.17) is 35.9 Å². The Morgan fingerprint density at radius 2 is 1.77 bits per heavy atom. The van der Waals surface area contributed by atoms with Gasteiger partial charge < -0.3 is 24.8 Å². The van der Waals surface area contributed by atoms with Crippen molar-refractivity contribution in [3.8, 4) is 17.2 Å². The van der Waals surface area contributed by atoms with Crippen LogP contribution in [0.1, 0.15) is 44.9 Å². The summed E-state index contributed by atoms with van der Waals surface area (Å²) in [6, 6.07) is 18.1. The zero-order valence-corrected chi connectivity index (χ0v) is 28.0. The topological polar surface area (TPSA) is 99.5 Å². The Kier molecular flexibility index (Phi) is 10.4. The molecule has 0 fully saturated rings. The lowest BCUT2D eigenvalue weighted by atomic mass is 9.94. The summed E-state index contributed by atoms with van der Waals surface area (Å²) >= 11 is 11.6. The molecular formula is C32H33BrClN5O4S. The molecular weight excluding hydrogens is 666 g/mol. The van der Waals surface area contributed by atoms with Crippen LogP contribution in [0.5, 0.6) is 17.2 Å². The normalized spacial score (nSPS) is 14.1. The zero-order chi connectivity index (χ0) is 31.2. The molecule has 2 N–H and O–H groups in total. The van der Waals surface area contributed by atoms with Gasteiger partial charge in [0.05, 0.1) is 28.9 Å². The van der Waals surface area contributed by atoms with Crippen LogP contribution in [0.2, 0.25) is 5.02 Å². The van der Waals surface area contributed by atoms with Crippen molar-refractivity contribution in [2.24, 2.45) is 0 Å². The number of allylic oxidation sites excluding steroid dienone is 1. The fraction of sp³-hybridized carbons (Fsp3) is 0.281. The summed E-state index contributed by atoms with van der Waals surface area (Å²) in [6.45, 7) is 8.85. The summed E-state index contributed by atoms with van der Waals surface area (Å²) in [5.41, 5.74) is 3.31. The van der Waals surface area contributed by atoms with E-state index in [0.29, 0.717) is 68.0 Å². The summed E-state index contributed by atoms with van der Waals surface area (Å²) in [4.78, 5) is 18.8. The summed E-state index contributed by atoms with van der Waals surface area (Å²) in [5, 5.41) is 12.4. The maximum Gasteiger partial charge on any atom is 0.255 e. The molecule has 3 aromatic carbocycles. The quantitative estimate of drug-likeness (QED) is 0.143. The van der Waals surface area contributed by atoms with Crippen LogP contribution in [0.4, 0.5) is 11.6 Å². The molecule has 1 amide bonds. The number of fused-ring (bicyclic) bond motifs is 1. The monoisotopic (exact) mass is 697 g/mol. The number of nitrogens with zero attached hydrogens (tertiary/aromatic N) is 3. The molecule has 230 valence electrons. The van der Waals surface area contributed by atoms with Gasteiger partial charge in [0.2, 0.25) is 11.1 Å². The molecule has 44 heavy (non-hydrogen) atoms. The fourth-order valence-electron chi connectivity index (χ4n) is 4.88. The fourth-order valence-corrected chi connectivity index (χ4v) is 6.20. The average molecular weight is 699 g/mol. The van der Waals surface area contributed by atoms with Gasteiger partial charge >= 0.3 is 0 Å². The molecule has 0 saturated carbocycles. The Balaban J connectivity index is 1.57. The predicted molar refractivity (Wildman–Crippen MR) is 178 cm³/mol. The molecule has 0 aliphatic carbocycles. The molecule has 2 heterocycles. The molecule has 4 aromatic rings. The van der Waals surface area contributed by atoms with E-state index in [-0.39, 0.29) is 12.5 Å². The van der Waals surface area contributed by atoms with Crippen LogP contribution in [0.15, 0.2) is 81.6 Å². The van der Waals surface area contributed by atoms with Crippen molar-refractivity contribution >= 4 is 56.8 Å². The average Bonchev–Trinajstić information content (AvgIpc) is 3.40. The lowest BCUT2D eigenvalue weighted by molar-refractivity contribution is -0.113. The lowest BCUT2D eigenvalue weighted by Crippen LogP contribution is -2.31. The van der Waals surface area contributed by atoms with Crippen LogP contribution in [-0.4, -0.2) is 39.6 Å². The number of thioether (sulfide) groups is 1. The van der Waals surface area contributed by atoms with E-state index in [9.17, 15) is 4.79 Å². The largest absolute Gasteiger partial charge is 0.492 e. The molecule has 1 aromatic heterocycles. The number of hydrogen-bond acceptors (Lipinski definition) is 8. The number of benzene rings is 3. The number of carbonyl (C=O) groups excluding carboxylic acids is 1. The molecule has 1 aliphatic heterocycles. The SMILES string of the molecule is CCOc1ccccc1NC(=O)C1=C(C)Nc2nc(SCC)nn2C1c1cc(Br)c(OCc2ccccc2Cl)c(OCC)c1. The van der Waals surface area contributed by atoms with Crippen molar-refractivity contribution in [1.29, 1.82) is 0 Å². The van der Waals surface area contributed by atoms with Crippen LogP contribution in [0, 0.1) is 0 Å². The van der Waals surface area contributed by atoms with Crippen molar-refractivity contribution < 1.29 is 19.0 Å². The first-order chi connectivity index (χ1) is 21.3. The number of nitrogens with one attached hydrogen (secondary N) is 2. The van der Waals surface area contributed by atoms with E-state index in [1.807, 2.05) is 88.4 Å². The second kappa shape index (κ2) is 14.4. The van der Waals surface area contributed by atoms with Crippen molar-refractivity contribution in [2.75, 3.05) is 29.6 Å². The second-order valence-electron chi connectivity index (χ2n) is 9.69. The summed E-state index contributed by atoms with van der Waals surface area (Å²) in [7, 11) is 0. The van der Waals surface area contributed by atoms with E-state index in [2.05, 4.69) is 26.6 Å². The number of anilines is 2. The zero-order valence-electron chi connectivity index (χ0n) is 24.8. The first kappa shape index (κ1) is 31.7. The highest BCUT2D eigenvalue weighted by atomic mass is 79.9. The highest BCUT2D eigenvalue weighted by molar-refractivity contribution is 9.10. The Hall–Kier alpha value is -3.67. The summed E-state index contributed by atoms with van der Waals surface area (Å²) in [5.74, 6) is 2.69. The van der Waals surface area contributed by atoms with Crippen LogP contribution in [0.25, 0.3) is 0 Å². The predicted octanol–water partition coefficient (Wildman–Crippen LogP) is 8.11. The Labute approximate surface area is 274 Å². The van der Waals surface area contributed by atoms with Crippen molar-refractivity contribution in [2.45, 2.75) is 45.5 Å². The Bertz CT molecular complexity index is 1700. The minimum atomic E-state index is -0.627. The van der Waals surface area contributed by atoms with E-state index in [1.165, 1.54) is 11.8 Å².